The molecular weight excluding hydrogens is 376 g/mol. The lowest BCUT2D eigenvalue weighted by molar-refractivity contribution is -0.322. The molecule has 0 saturated carbocycles. The first-order valence-corrected chi connectivity index (χ1v) is 10.8. The van der Waals surface area contributed by atoms with Crippen LogP contribution in [0.1, 0.15) is 23.0 Å². The van der Waals surface area contributed by atoms with Gasteiger partial charge in [0.25, 0.3) is 0 Å². The molecule has 2 aromatic rings. The van der Waals surface area contributed by atoms with Gasteiger partial charge in [0.15, 0.2) is 6.29 Å². The van der Waals surface area contributed by atoms with Gasteiger partial charge in [-0.15, -0.1) is 11.8 Å². The lowest BCUT2D eigenvalue weighted by Gasteiger charge is -2.47. The van der Waals surface area contributed by atoms with Crippen molar-refractivity contribution in [3.63, 3.8) is 0 Å². The average molecular weight is 403 g/mol. The number of thioether (sulfide) groups is 1. The van der Waals surface area contributed by atoms with Gasteiger partial charge in [-0.25, -0.2) is 0 Å². The van der Waals surface area contributed by atoms with Crippen molar-refractivity contribution in [2.45, 2.75) is 49.7 Å². The maximum atomic E-state index is 11.1. The summed E-state index contributed by atoms with van der Waals surface area (Å²) in [6.07, 6.45) is -0.637. The third kappa shape index (κ3) is 4.27. The van der Waals surface area contributed by atoms with Crippen molar-refractivity contribution in [2.75, 3.05) is 12.9 Å². The van der Waals surface area contributed by atoms with Crippen molar-refractivity contribution < 1.29 is 24.1 Å². The second-order valence-electron chi connectivity index (χ2n) is 7.21. The molecule has 2 heterocycles. The number of aryl methyl sites for hydroxylation is 1. The minimum absolute atomic E-state index is 0.276. The highest BCUT2D eigenvalue weighted by molar-refractivity contribution is 7.99. The normalized spacial score (nSPS) is 32.7. The van der Waals surface area contributed by atoms with Gasteiger partial charge in [-0.05, 0) is 18.7 Å². The number of rotatable bonds is 5. The maximum absolute atomic E-state index is 11.1. The molecule has 2 saturated heterocycles. The topological polar surface area (TPSA) is 57.2 Å². The fourth-order valence-electron chi connectivity index (χ4n) is 3.59. The molecule has 0 amide bonds. The molecule has 6 atom stereocenters. The van der Waals surface area contributed by atoms with E-state index in [0.717, 1.165) is 11.1 Å². The van der Waals surface area contributed by atoms with Crippen molar-refractivity contribution >= 4 is 11.8 Å². The Morgan fingerprint density at radius 1 is 1.07 bits per heavy atom. The van der Waals surface area contributed by atoms with Crippen LogP contribution in [0.15, 0.2) is 54.6 Å². The summed E-state index contributed by atoms with van der Waals surface area (Å²) in [7, 11) is 0. The fourth-order valence-corrected chi connectivity index (χ4v) is 4.35. The highest BCUT2D eigenvalue weighted by atomic mass is 32.2. The van der Waals surface area contributed by atoms with Crippen molar-refractivity contribution in [3.05, 3.63) is 71.3 Å². The average Bonchev–Trinajstić information content (AvgIpc) is 2.74. The van der Waals surface area contributed by atoms with Crippen molar-refractivity contribution in [3.8, 4) is 0 Å². The van der Waals surface area contributed by atoms with Crippen molar-refractivity contribution in [1.29, 1.82) is 0 Å². The monoisotopic (exact) mass is 402 g/mol. The second-order valence-corrected chi connectivity index (χ2v) is 8.14. The number of benzene rings is 2. The molecule has 28 heavy (non-hydrogen) atoms. The van der Waals surface area contributed by atoms with Gasteiger partial charge in [-0.3, -0.25) is 0 Å². The Kier molecular flexibility index (Phi) is 6.35. The van der Waals surface area contributed by atoms with Crippen molar-refractivity contribution in [1.82, 2.24) is 0 Å². The van der Waals surface area contributed by atoms with Crippen molar-refractivity contribution in [2.24, 2.45) is 0 Å². The summed E-state index contributed by atoms with van der Waals surface area (Å²) in [4.78, 5) is 0. The number of aliphatic hydroxyl groups excluding tert-OH is 1. The second kappa shape index (κ2) is 8.95. The van der Waals surface area contributed by atoms with Crippen LogP contribution in [0.3, 0.4) is 0 Å². The van der Waals surface area contributed by atoms with E-state index in [4.69, 9.17) is 18.9 Å². The van der Waals surface area contributed by atoms with E-state index in [9.17, 15) is 5.11 Å². The summed E-state index contributed by atoms with van der Waals surface area (Å²) >= 11 is 1.53. The number of hydrogen-bond acceptors (Lipinski definition) is 6. The Balaban J connectivity index is 1.45. The summed E-state index contributed by atoms with van der Waals surface area (Å²) < 4.78 is 24.2. The zero-order valence-corrected chi connectivity index (χ0v) is 16.9. The Morgan fingerprint density at radius 3 is 2.54 bits per heavy atom. The van der Waals surface area contributed by atoms with Gasteiger partial charge in [0.2, 0.25) is 0 Å². The SMILES string of the molecule is CS[C@@H]1OC2COC(c3ccccc3)O[C@@H]2[C@H](O)C1OCc1ccc(C)cc1. The van der Waals surface area contributed by atoms with Crippen LogP contribution in [0.4, 0.5) is 0 Å². The lowest BCUT2D eigenvalue weighted by Crippen LogP contribution is -2.61. The smallest absolute Gasteiger partial charge is 0.184 e. The highest BCUT2D eigenvalue weighted by Gasteiger charge is 2.49. The third-order valence-electron chi connectivity index (χ3n) is 5.18. The van der Waals surface area contributed by atoms with Gasteiger partial charge in [-0.1, -0.05) is 60.2 Å². The zero-order valence-electron chi connectivity index (χ0n) is 16.1. The number of ether oxygens (including phenoxy) is 4. The number of aliphatic hydroxyl groups is 1. The quantitative estimate of drug-likeness (QED) is 0.827. The van der Waals surface area contributed by atoms with Crippen LogP contribution in [-0.2, 0) is 25.6 Å². The Bertz CT molecular complexity index is 753. The van der Waals surface area contributed by atoms with E-state index in [2.05, 4.69) is 19.1 Å². The molecule has 0 radical (unpaired) electrons. The standard InChI is InChI=1S/C22H26O5S/c1-14-8-10-15(11-9-14)12-24-20-18(23)19-17(26-22(20)28-2)13-25-21(27-19)16-6-4-3-5-7-16/h3-11,17-23H,12-13H2,1-2H3/t17?,18-,19-,20?,21?,22-/m0/s1. The van der Waals surface area contributed by atoms with Crippen LogP contribution in [0.2, 0.25) is 0 Å². The molecule has 4 rings (SSSR count). The van der Waals surface area contributed by atoms with Gasteiger partial charge in [0, 0.05) is 5.56 Å². The Hall–Kier alpha value is -1.41. The molecule has 2 aromatic carbocycles. The van der Waals surface area contributed by atoms with E-state index in [0.29, 0.717) is 13.2 Å². The molecule has 150 valence electrons. The summed E-state index contributed by atoms with van der Waals surface area (Å²) in [6.45, 7) is 2.85. The summed E-state index contributed by atoms with van der Waals surface area (Å²) in [5.41, 5.74) is 2.92. The first-order chi connectivity index (χ1) is 13.7. The largest absolute Gasteiger partial charge is 0.387 e. The lowest BCUT2D eigenvalue weighted by atomic mass is 9.98. The van der Waals surface area contributed by atoms with E-state index in [1.54, 1.807) is 0 Å². The minimum atomic E-state index is -0.795. The molecule has 0 bridgehead atoms. The zero-order chi connectivity index (χ0) is 19.5. The molecule has 6 heteroatoms. The number of hydrogen-bond donors (Lipinski definition) is 1. The van der Waals surface area contributed by atoms with E-state index >= 15 is 0 Å². The van der Waals surface area contributed by atoms with E-state index in [1.807, 2.05) is 48.7 Å². The van der Waals surface area contributed by atoms with Crippen LogP contribution in [-0.4, -0.2) is 47.8 Å². The first-order valence-electron chi connectivity index (χ1n) is 9.51. The number of fused-ring (bicyclic) bond motifs is 1. The van der Waals surface area contributed by atoms with E-state index < -0.39 is 24.6 Å². The maximum Gasteiger partial charge on any atom is 0.184 e. The Labute approximate surface area is 169 Å². The van der Waals surface area contributed by atoms with Gasteiger partial charge >= 0.3 is 0 Å². The van der Waals surface area contributed by atoms with Crippen LogP contribution in [0, 0.1) is 6.92 Å². The van der Waals surface area contributed by atoms with Crippen LogP contribution in [0.5, 0.6) is 0 Å². The first kappa shape index (κ1) is 19.9. The molecule has 2 aliphatic rings. The molecule has 2 aliphatic heterocycles. The van der Waals surface area contributed by atoms with Gasteiger partial charge in [-0.2, -0.15) is 0 Å². The molecule has 2 fully saturated rings. The molecule has 0 spiro atoms. The predicted molar refractivity (Wildman–Crippen MR) is 108 cm³/mol. The van der Waals surface area contributed by atoms with Crippen LogP contribution < -0.4 is 0 Å². The van der Waals surface area contributed by atoms with Gasteiger partial charge in [0.05, 0.1) is 13.2 Å². The summed E-state index contributed by atoms with van der Waals surface area (Å²) in [5.74, 6) is 0. The van der Waals surface area contributed by atoms with Gasteiger partial charge < -0.3 is 24.1 Å². The predicted octanol–water partition coefficient (Wildman–Crippen LogP) is 3.44. The molecule has 3 unspecified atom stereocenters. The molecular formula is C22H26O5S. The summed E-state index contributed by atoms with van der Waals surface area (Å²) in [6, 6.07) is 17.9. The summed E-state index contributed by atoms with van der Waals surface area (Å²) in [5, 5.41) is 11.1. The Morgan fingerprint density at radius 2 is 1.82 bits per heavy atom. The van der Waals surface area contributed by atoms with Crippen LogP contribution in [0.25, 0.3) is 0 Å². The molecule has 5 nitrogen and oxygen atoms in total. The minimum Gasteiger partial charge on any atom is -0.387 e. The van der Waals surface area contributed by atoms with E-state index in [1.165, 1.54) is 17.3 Å². The third-order valence-corrected chi connectivity index (χ3v) is 6.02. The van der Waals surface area contributed by atoms with E-state index in [-0.39, 0.29) is 11.5 Å². The van der Waals surface area contributed by atoms with Crippen LogP contribution >= 0.6 is 11.8 Å². The molecule has 0 aromatic heterocycles. The fraction of sp³-hybridized carbons (Fsp3) is 0.455. The highest BCUT2D eigenvalue weighted by Crippen LogP contribution is 2.37. The molecule has 0 aliphatic carbocycles. The van der Waals surface area contributed by atoms with Gasteiger partial charge in [0.1, 0.15) is 29.9 Å². The molecule has 1 N–H and O–H groups in total.